The van der Waals surface area contributed by atoms with Crippen molar-refractivity contribution in [3.63, 3.8) is 0 Å². The molecule has 0 saturated carbocycles. The third kappa shape index (κ3) is 4.47. The molecular weight excluding hydrogens is 473 g/mol. The number of fused-ring (bicyclic) bond motifs is 3. The van der Waals surface area contributed by atoms with Gasteiger partial charge in [0.1, 0.15) is 6.61 Å². The minimum atomic E-state index is -0.396. The van der Waals surface area contributed by atoms with Crippen LogP contribution < -0.4 is 5.32 Å². The Hall–Kier alpha value is -2.34. The predicted octanol–water partition coefficient (Wildman–Crippen LogP) is 6.15. The third-order valence-electron chi connectivity index (χ3n) is 5.32. The molecular formula is C25H24INO2. The average molecular weight is 497 g/mol. The monoisotopic (exact) mass is 497 g/mol. The molecule has 0 atom stereocenters. The molecule has 0 radical (unpaired) electrons. The number of carbonyl (C=O) groups is 1. The van der Waals surface area contributed by atoms with Crippen molar-refractivity contribution >= 4 is 28.7 Å². The first-order valence-corrected chi connectivity index (χ1v) is 10.9. The molecule has 0 spiro atoms. The molecule has 3 nitrogen and oxygen atoms in total. The highest BCUT2D eigenvalue weighted by Gasteiger charge is 2.30. The zero-order valence-corrected chi connectivity index (χ0v) is 18.8. The molecule has 0 bridgehead atoms. The Kier molecular flexibility index (Phi) is 5.63. The molecule has 0 aliphatic heterocycles. The lowest BCUT2D eigenvalue weighted by molar-refractivity contribution is 0.133. The molecule has 0 aromatic heterocycles. The standard InChI is InChI=1S/C25H24INO2/c1-25(2,15-17-8-7-9-18(26)14-17)27-24(28)29-16-23-21-12-5-3-10-19(21)20-11-4-6-13-22(20)23/h3-14,23H,15-16H2,1-2H3,(H,27,28). The Bertz CT molecular complexity index is 999. The molecule has 0 saturated heterocycles. The smallest absolute Gasteiger partial charge is 0.407 e. The van der Waals surface area contributed by atoms with Gasteiger partial charge in [-0.25, -0.2) is 4.79 Å². The SMILES string of the molecule is CC(C)(Cc1cccc(I)c1)NC(=O)OCC1c2ccccc2-c2ccccc21. The number of ether oxygens (including phenoxy) is 1. The van der Waals surface area contributed by atoms with Gasteiger partial charge < -0.3 is 10.1 Å². The molecule has 1 aliphatic rings. The highest BCUT2D eigenvalue weighted by atomic mass is 127. The van der Waals surface area contributed by atoms with Crippen molar-refractivity contribution in [2.24, 2.45) is 0 Å². The highest BCUT2D eigenvalue weighted by Crippen LogP contribution is 2.44. The molecule has 4 rings (SSSR count). The molecule has 4 heteroatoms. The summed E-state index contributed by atoms with van der Waals surface area (Å²) in [7, 11) is 0. The first-order chi connectivity index (χ1) is 13.9. The van der Waals surface area contributed by atoms with Crippen molar-refractivity contribution in [3.8, 4) is 11.1 Å². The van der Waals surface area contributed by atoms with Crippen LogP contribution in [0.15, 0.2) is 72.8 Å². The van der Waals surface area contributed by atoms with Crippen LogP contribution in [0, 0.1) is 3.57 Å². The number of hydrogen-bond donors (Lipinski definition) is 1. The minimum Gasteiger partial charge on any atom is -0.449 e. The fourth-order valence-corrected chi connectivity index (χ4v) is 4.72. The van der Waals surface area contributed by atoms with Crippen LogP contribution in [0.4, 0.5) is 4.79 Å². The summed E-state index contributed by atoms with van der Waals surface area (Å²) >= 11 is 2.31. The van der Waals surface area contributed by atoms with Crippen LogP contribution in [-0.4, -0.2) is 18.2 Å². The Morgan fingerprint density at radius 1 is 0.966 bits per heavy atom. The molecule has 1 amide bonds. The van der Waals surface area contributed by atoms with Crippen LogP contribution in [0.1, 0.15) is 36.5 Å². The van der Waals surface area contributed by atoms with E-state index in [1.807, 2.05) is 32.0 Å². The van der Waals surface area contributed by atoms with E-state index in [1.54, 1.807) is 0 Å². The van der Waals surface area contributed by atoms with Crippen LogP contribution in [-0.2, 0) is 11.2 Å². The number of carbonyl (C=O) groups excluding carboxylic acids is 1. The van der Waals surface area contributed by atoms with Gasteiger partial charge in [-0.2, -0.15) is 0 Å². The Labute approximate surface area is 185 Å². The fourth-order valence-electron chi connectivity index (χ4n) is 4.11. The second-order valence-electron chi connectivity index (χ2n) is 8.14. The van der Waals surface area contributed by atoms with Crippen molar-refractivity contribution < 1.29 is 9.53 Å². The normalized spacial score (nSPS) is 12.9. The predicted molar refractivity (Wildman–Crippen MR) is 125 cm³/mol. The molecule has 0 heterocycles. The molecule has 0 unspecified atom stereocenters. The van der Waals surface area contributed by atoms with Gasteiger partial charge >= 0.3 is 6.09 Å². The summed E-state index contributed by atoms with van der Waals surface area (Å²) in [5, 5.41) is 3.03. The van der Waals surface area contributed by atoms with E-state index in [-0.39, 0.29) is 12.0 Å². The van der Waals surface area contributed by atoms with Gasteiger partial charge in [-0.1, -0.05) is 60.7 Å². The van der Waals surface area contributed by atoms with E-state index in [4.69, 9.17) is 4.74 Å². The largest absolute Gasteiger partial charge is 0.449 e. The van der Waals surface area contributed by atoms with Gasteiger partial charge in [0.2, 0.25) is 0 Å². The lowest BCUT2D eigenvalue weighted by atomic mass is 9.95. The van der Waals surface area contributed by atoms with E-state index in [2.05, 4.69) is 82.5 Å². The molecule has 0 fully saturated rings. The Morgan fingerprint density at radius 3 is 2.21 bits per heavy atom. The van der Waals surface area contributed by atoms with E-state index < -0.39 is 5.54 Å². The summed E-state index contributed by atoms with van der Waals surface area (Å²) in [5.41, 5.74) is 5.71. The van der Waals surface area contributed by atoms with Crippen molar-refractivity contribution in [1.29, 1.82) is 0 Å². The second kappa shape index (κ2) is 8.19. The molecule has 1 N–H and O–H groups in total. The molecule has 3 aromatic rings. The summed E-state index contributed by atoms with van der Waals surface area (Å²) < 4.78 is 6.88. The van der Waals surface area contributed by atoms with Gasteiger partial charge in [-0.05, 0) is 82.8 Å². The van der Waals surface area contributed by atoms with E-state index in [9.17, 15) is 4.79 Å². The maximum Gasteiger partial charge on any atom is 0.407 e. The number of hydrogen-bond acceptors (Lipinski definition) is 2. The fraction of sp³-hybridized carbons (Fsp3) is 0.240. The summed E-state index contributed by atoms with van der Waals surface area (Å²) in [6, 6.07) is 25.1. The van der Waals surface area contributed by atoms with Gasteiger partial charge in [0, 0.05) is 15.0 Å². The van der Waals surface area contributed by atoms with E-state index in [0.717, 1.165) is 6.42 Å². The van der Waals surface area contributed by atoms with E-state index >= 15 is 0 Å². The van der Waals surface area contributed by atoms with Crippen LogP contribution in [0.25, 0.3) is 11.1 Å². The van der Waals surface area contributed by atoms with Crippen molar-refractivity contribution in [1.82, 2.24) is 5.32 Å². The first kappa shape index (κ1) is 20.0. The number of benzene rings is 3. The summed E-state index contributed by atoms with van der Waals surface area (Å²) in [6.45, 7) is 4.38. The lowest BCUT2D eigenvalue weighted by Gasteiger charge is -2.26. The Balaban J connectivity index is 1.42. The zero-order chi connectivity index (χ0) is 20.4. The molecule has 29 heavy (non-hydrogen) atoms. The van der Waals surface area contributed by atoms with Crippen molar-refractivity contribution in [2.45, 2.75) is 31.7 Å². The number of nitrogens with one attached hydrogen (secondary N) is 1. The summed E-state index contributed by atoms with van der Waals surface area (Å²) in [5.74, 6) is 0.0759. The first-order valence-electron chi connectivity index (χ1n) is 9.80. The van der Waals surface area contributed by atoms with Crippen LogP contribution >= 0.6 is 22.6 Å². The van der Waals surface area contributed by atoms with Gasteiger partial charge in [-0.15, -0.1) is 0 Å². The van der Waals surface area contributed by atoms with Gasteiger partial charge in [0.15, 0.2) is 0 Å². The maximum absolute atomic E-state index is 12.6. The van der Waals surface area contributed by atoms with Gasteiger partial charge in [0.05, 0.1) is 0 Å². The Morgan fingerprint density at radius 2 is 1.59 bits per heavy atom. The topological polar surface area (TPSA) is 38.3 Å². The molecule has 3 aromatic carbocycles. The summed E-state index contributed by atoms with van der Waals surface area (Å²) in [4.78, 5) is 12.6. The second-order valence-corrected chi connectivity index (χ2v) is 9.39. The zero-order valence-electron chi connectivity index (χ0n) is 16.6. The molecule has 1 aliphatic carbocycles. The quantitative estimate of drug-likeness (QED) is 0.430. The highest BCUT2D eigenvalue weighted by molar-refractivity contribution is 14.1. The maximum atomic E-state index is 12.6. The van der Waals surface area contributed by atoms with Crippen LogP contribution in [0.2, 0.25) is 0 Å². The number of rotatable bonds is 5. The number of alkyl carbamates (subject to hydrolysis) is 1. The average Bonchev–Trinajstić information content (AvgIpc) is 2.99. The molecule has 148 valence electrons. The van der Waals surface area contributed by atoms with Crippen LogP contribution in [0.5, 0.6) is 0 Å². The van der Waals surface area contributed by atoms with E-state index in [0.29, 0.717) is 6.61 Å². The van der Waals surface area contributed by atoms with Crippen LogP contribution in [0.3, 0.4) is 0 Å². The van der Waals surface area contributed by atoms with Crippen molar-refractivity contribution in [2.75, 3.05) is 6.61 Å². The minimum absolute atomic E-state index is 0.0759. The number of amides is 1. The lowest BCUT2D eigenvalue weighted by Crippen LogP contribution is -2.45. The number of halogens is 1. The summed E-state index contributed by atoms with van der Waals surface area (Å²) in [6.07, 6.45) is 0.371. The third-order valence-corrected chi connectivity index (χ3v) is 5.99. The van der Waals surface area contributed by atoms with Crippen molar-refractivity contribution in [3.05, 3.63) is 93.1 Å². The van der Waals surface area contributed by atoms with Gasteiger partial charge in [-0.3, -0.25) is 0 Å². The van der Waals surface area contributed by atoms with Gasteiger partial charge in [0.25, 0.3) is 0 Å². The van der Waals surface area contributed by atoms with E-state index in [1.165, 1.54) is 31.4 Å².